The maximum Gasteiger partial charge on any atom is 0.230 e. The van der Waals surface area contributed by atoms with Gasteiger partial charge in [-0.25, -0.2) is 0 Å². The molecule has 1 aromatic carbocycles. The fraction of sp³-hybridized carbons (Fsp3) is 0.533. The second kappa shape index (κ2) is 4.69. The van der Waals surface area contributed by atoms with E-state index in [2.05, 4.69) is 28.9 Å². The number of rotatable bonds is 1. The van der Waals surface area contributed by atoms with Crippen molar-refractivity contribution in [1.82, 2.24) is 0 Å². The Morgan fingerprint density at radius 1 is 1.28 bits per heavy atom. The smallest absolute Gasteiger partial charge is 0.230 e. The van der Waals surface area contributed by atoms with E-state index < -0.39 is 0 Å². The van der Waals surface area contributed by atoms with Gasteiger partial charge in [0.15, 0.2) is 0 Å². The van der Waals surface area contributed by atoms with Crippen LogP contribution in [0, 0.1) is 18.8 Å². The second-order valence-corrected chi connectivity index (χ2v) is 6.34. The lowest BCUT2D eigenvalue weighted by atomic mass is 9.81. The summed E-state index contributed by atoms with van der Waals surface area (Å²) in [5.74, 6) is 1.22. The number of hydrogen-bond acceptors (Lipinski definition) is 1. The van der Waals surface area contributed by atoms with Crippen LogP contribution in [0.15, 0.2) is 22.7 Å². The number of amides is 1. The molecule has 18 heavy (non-hydrogen) atoms. The van der Waals surface area contributed by atoms with E-state index in [0.29, 0.717) is 11.8 Å². The van der Waals surface area contributed by atoms with Crippen LogP contribution < -0.4 is 4.90 Å². The van der Waals surface area contributed by atoms with Crippen molar-refractivity contribution in [2.45, 2.75) is 32.6 Å². The van der Waals surface area contributed by atoms with Crippen molar-refractivity contribution in [3.8, 4) is 0 Å². The summed E-state index contributed by atoms with van der Waals surface area (Å²) in [6, 6.07) is 6.11. The fourth-order valence-corrected chi connectivity index (χ4v) is 3.74. The average Bonchev–Trinajstić information content (AvgIpc) is 2.71. The van der Waals surface area contributed by atoms with E-state index in [-0.39, 0.29) is 5.92 Å². The topological polar surface area (TPSA) is 20.3 Å². The lowest BCUT2D eigenvalue weighted by Gasteiger charge is -2.21. The molecule has 1 saturated carbocycles. The van der Waals surface area contributed by atoms with Crippen LogP contribution in [-0.4, -0.2) is 12.5 Å². The summed E-state index contributed by atoms with van der Waals surface area (Å²) >= 11 is 3.55. The van der Waals surface area contributed by atoms with Crippen LogP contribution in [-0.2, 0) is 4.79 Å². The fourth-order valence-electron chi connectivity index (χ4n) is 3.38. The van der Waals surface area contributed by atoms with Crippen LogP contribution in [0.4, 0.5) is 5.69 Å². The van der Waals surface area contributed by atoms with Gasteiger partial charge in [-0.3, -0.25) is 4.79 Å². The zero-order valence-electron chi connectivity index (χ0n) is 10.7. The van der Waals surface area contributed by atoms with E-state index in [1.165, 1.54) is 24.8 Å². The van der Waals surface area contributed by atoms with Gasteiger partial charge in [0, 0.05) is 22.6 Å². The Kier molecular flexibility index (Phi) is 3.18. The first-order chi connectivity index (χ1) is 8.68. The number of fused-ring (bicyclic) bond motifs is 1. The van der Waals surface area contributed by atoms with Gasteiger partial charge in [-0.05, 0) is 43.4 Å². The summed E-state index contributed by atoms with van der Waals surface area (Å²) in [7, 11) is 0. The van der Waals surface area contributed by atoms with Crippen LogP contribution in [0.2, 0.25) is 0 Å². The second-order valence-electron chi connectivity index (χ2n) is 5.48. The Hall–Kier alpha value is -0.830. The molecule has 1 saturated heterocycles. The van der Waals surface area contributed by atoms with Crippen molar-refractivity contribution >= 4 is 27.5 Å². The van der Waals surface area contributed by atoms with Crippen LogP contribution in [0.1, 0.15) is 31.2 Å². The monoisotopic (exact) mass is 307 g/mol. The Bertz CT molecular complexity index is 485. The molecule has 2 aliphatic rings. The molecule has 0 N–H and O–H groups in total. The van der Waals surface area contributed by atoms with Crippen molar-refractivity contribution in [2.75, 3.05) is 11.4 Å². The van der Waals surface area contributed by atoms with Crippen molar-refractivity contribution in [2.24, 2.45) is 11.8 Å². The van der Waals surface area contributed by atoms with Gasteiger partial charge in [0.25, 0.3) is 0 Å². The van der Waals surface area contributed by atoms with Gasteiger partial charge >= 0.3 is 0 Å². The SMILES string of the molecule is Cc1c(Br)cccc1N1CC2CCCCC2C1=O. The lowest BCUT2D eigenvalue weighted by Crippen LogP contribution is -2.27. The van der Waals surface area contributed by atoms with Crippen molar-refractivity contribution in [1.29, 1.82) is 0 Å². The molecule has 1 aliphatic heterocycles. The summed E-state index contributed by atoms with van der Waals surface area (Å²) in [5, 5.41) is 0. The summed E-state index contributed by atoms with van der Waals surface area (Å²) in [6.07, 6.45) is 4.82. The molecular formula is C15H18BrNO. The molecule has 0 aromatic heterocycles. The predicted molar refractivity (Wildman–Crippen MR) is 76.7 cm³/mol. The predicted octanol–water partition coefficient (Wildman–Crippen LogP) is 3.91. The molecule has 0 bridgehead atoms. The average molecular weight is 308 g/mol. The van der Waals surface area contributed by atoms with Gasteiger partial charge in [-0.1, -0.05) is 34.8 Å². The molecule has 2 fully saturated rings. The van der Waals surface area contributed by atoms with Crippen LogP contribution >= 0.6 is 15.9 Å². The summed E-state index contributed by atoms with van der Waals surface area (Å²) in [6.45, 7) is 3.00. The molecule has 2 atom stereocenters. The molecule has 1 aromatic rings. The highest BCUT2D eigenvalue weighted by atomic mass is 79.9. The highest BCUT2D eigenvalue weighted by molar-refractivity contribution is 9.10. The third kappa shape index (κ3) is 1.89. The first-order valence-corrected chi connectivity index (χ1v) is 7.54. The highest BCUT2D eigenvalue weighted by Crippen LogP contribution is 2.40. The van der Waals surface area contributed by atoms with Gasteiger partial charge in [-0.2, -0.15) is 0 Å². The zero-order chi connectivity index (χ0) is 12.7. The minimum Gasteiger partial charge on any atom is -0.312 e. The Morgan fingerprint density at radius 2 is 2.06 bits per heavy atom. The van der Waals surface area contributed by atoms with Crippen molar-refractivity contribution in [3.63, 3.8) is 0 Å². The molecule has 3 heteroatoms. The maximum atomic E-state index is 12.5. The molecule has 0 spiro atoms. The normalized spacial score (nSPS) is 27.4. The molecule has 2 unspecified atom stereocenters. The number of nitrogens with zero attached hydrogens (tertiary/aromatic N) is 1. The van der Waals surface area contributed by atoms with Crippen LogP contribution in [0.25, 0.3) is 0 Å². The summed E-state index contributed by atoms with van der Waals surface area (Å²) in [5.41, 5.74) is 2.26. The standard InChI is InChI=1S/C15H18BrNO/c1-10-13(16)7-4-8-14(10)17-9-11-5-2-3-6-12(11)15(17)18/h4,7-8,11-12H,2-3,5-6,9H2,1H3. The summed E-state index contributed by atoms with van der Waals surface area (Å²) < 4.78 is 1.09. The van der Waals surface area contributed by atoms with Crippen molar-refractivity contribution < 1.29 is 4.79 Å². The summed E-state index contributed by atoms with van der Waals surface area (Å²) in [4.78, 5) is 14.5. The minimum absolute atomic E-state index is 0.289. The van der Waals surface area contributed by atoms with E-state index in [1.807, 2.05) is 17.0 Å². The third-order valence-electron chi connectivity index (χ3n) is 4.44. The minimum atomic E-state index is 0.289. The number of hydrogen-bond donors (Lipinski definition) is 0. The molecular weight excluding hydrogens is 290 g/mol. The quantitative estimate of drug-likeness (QED) is 0.770. The molecule has 1 aliphatic carbocycles. The zero-order valence-corrected chi connectivity index (χ0v) is 12.2. The lowest BCUT2D eigenvalue weighted by molar-refractivity contribution is -0.121. The number of benzene rings is 1. The van der Waals surface area contributed by atoms with Gasteiger partial charge in [0.2, 0.25) is 5.91 Å². The van der Waals surface area contributed by atoms with Crippen LogP contribution in [0.3, 0.4) is 0 Å². The number of carbonyl (C=O) groups is 1. The van der Waals surface area contributed by atoms with E-state index >= 15 is 0 Å². The molecule has 3 rings (SSSR count). The van der Waals surface area contributed by atoms with E-state index in [1.54, 1.807) is 0 Å². The molecule has 1 amide bonds. The van der Waals surface area contributed by atoms with Crippen molar-refractivity contribution in [3.05, 3.63) is 28.2 Å². The first kappa shape index (κ1) is 12.2. The number of halogens is 1. The van der Waals surface area contributed by atoms with Gasteiger partial charge < -0.3 is 4.90 Å². The molecule has 0 radical (unpaired) electrons. The van der Waals surface area contributed by atoms with Gasteiger partial charge in [0.05, 0.1) is 0 Å². The van der Waals surface area contributed by atoms with Crippen LogP contribution in [0.5, 0.6) is 0 Å². The largest absolute Gasteiger partial charge is 0.312 e. The van der Waals surface area contributed by atoms with Gasteiger partial charge in [0.1, 0.15) is 0 Å². The maximum absolute atomic E-state index is 12.5. The van der Waals surface area contributed by atoms with E-state index in [4.69, 9.17) is 0 Å². The Morgan fingerprint density at radius 3 is 2.83 bits per heavy atom. The third-order valence-corrected chi connectivity index (χ3v) is 5.30. The number of carbonyl (C=O) groups excluding carboxylic acids is 1. The van der Waals surface area contributed by atoms with E-state index in [9.17, 15) is 4.79 Å². The van der Waals surface area contributed by atoms with Gasteiger partial charge in [-0.15, -0.1) is 0 Å². The van der Waals surface area contributed by atoms with E-state index in [0.717, 1.165) is 23.1 Å². The Labute approximate surface area is 116 Å². The first-order valence-electron chi connectivity index (χ1n) is 6.75. The number of anilines is 1. The Balaban J connectivity index is 1.93. The highest BCUT2D eigenvalue weighted by Gasteiger charge is 2.42. The molecule has 96 valence electrons. The molecule has 2 nitrogen and oxygen atoms in total. The molecule has 1 heterocycles.